The molecule has 5 nitrogen and oxygen atoms in total. The van der Waals surface area contributed by atoms with Gasteiger partial charge in [0.15, 0.2) is 0 Å². The summed E-state index contributed by atoms with van der Waals surface area (Å²) in [6.07, 6.45) is 0.669. The maximum absolute atomic E-state index is 12.4. The Morgan fingerprint density at radius 2 is 1.07 bits per heavy atom. The number of ether oxygens (including phenoxy) is 2. The molecule has 0 aliphatic carbocycles. The van der Waals surface area contributed by atoms with Crippen LogP contribution in [0.4, 0.5) is 56.6 Å². The number of carbonyl (C=O) groups is 2. The van der Waals surface area contributed by atoms with Crippen LogP contribution in [0.5, 0.6) is 0 Å². The van der Waals surface area contributed by atoms with E-state index in [2.05, 4.69) is 6.92 Å². The lowest BCUT2D eigenvalue weighted by Crippen LogP contribution is -2.44. The van der Waals surface area contributed by atoms with E-state index in [4.69, 9.17) is 9.47 Å². The van der Waals surface area contributed by atoms with Gasteiger partial charge in [-0.2, -0.15) is 0 Å². The lowest BCUT2D eigenvalue weighted by atomic mass is 9.82. The molecule has 20 heteroatoms. The van der Waals surface area contributed by atoms with E-state index in [0.29, 0.717) is 24.6 Å². The first kappa shape index (κ1) is 41.5. The first-order valence-corrected chi connectivity index (χ1v) is 12.3. The molecule has 1 fully saturated rings. The first-order valence-electron chi connectivity index (χ1n) is 12.3. The summed E-state index contributed by atoms with van der Waals surface area (Å²) in [5, 5.41) is 0. The fourth-order valence-electron chi connectivity index (χ4n) is 3.20. The standard InChI is InChI=1S/C22H33NO4.3BF4/c1-15-12-13-23(20(25)27-22(5,6)7)14-18(15)16-8-10-17(11-9-16)19(24)26-21(2,3)4;3*2-1(3,4)5/h8-11,15,18H,12-14H2,1-7H3;;;/q;3*-1/t15-,18-;;;/m1.../s1. The topological polar surface area (TPSA) is 55.8 Å². The number of hydrogen-bond acceptors (Lipinski definition) is 4. The summed E-state index contributed by atoms with van der Waals surface area (Å²) in [6.45, 7) is 14.7. The second kappa shape index (κ2) is 16.2. The van der Waals surface area contributed by atoms with Crippen molar-refractivity contribution >= 4 is 33.8 Å². The van der Waals surface area contributed by atoms with Crippen molar-refractivity contribution in [3.05, 3.63) is 35.4 Å². The van der Waals surface area contributed by atoms with Crippen molar-refractivity contribution in [3.8, 4) is 0 Å². The molecule has 1 aliphatic heterocycles. The third kappa shape index (κ3) is 27.5. The van der Waals surface area contributed by atoms with E-state index >= 15 is 0 Å². The Labute approximate surface area is 236 Å². The normalized spacial score (nSPS) is 17.7. The fraction of sp³-hybridized carbons (Fsp3) is 0.636. The molecule has 0 bridgehead atoms. The molecule has 1 aliphatic rings. The average Bonchev–Trinajstić information content (AvgIpc) is 2.68. The van der Waals surface area contributed by atoms with E-state index < -0.39 is 33.0 Å². The molecule has 42 heavy (non-hydrogen) atoms. The SMILES string of the molecule is C[C@@H]1CCN(C(=O)OC(C)(C)C)C[C@H]1c1ccc(C(=O)OC(C)(C)C)cc1.F[B-](F)(F)F.F[B-](F)(F)F.F[B-](F)(F)F. The van der Waals surface area contributed by atoms with Crippen molar-refractivity contribution in [2.45, 2.75) is 72.0 Å². The van der Waals surface area contributed by atoms with E-state index in [0.717, 1.165) is 12.0 Å². The Hall–Kier alpha value is -2.69. The van der Waals surface area contributed by atoms with Gasteiger partial charge in [0.05, 0.1) is 5.56 Å². The van der Waals surface area contributed by atoms with Crippen LogP contribution in [0.15, 0.2) is 24.3 Å². The van der Waals surface area contributed by atoms with Crippen molar-refractivity contribution in [2.24, 2.45) is 5.92 Å². The third-order valence-corrected chi connectivity index (χ3v) is 4.58. The van der Waals surface area contributed by atoms with Gasteiger partial charge in [0.25, 0.3) is 0 Å². The summed E-state index contributed by atoms with van der Waals surface area (Å²) in [6, 6.07) is 7.56. The molecule has 0 aromatic heterocycles. The van der Waals surface area contributed by atoms with Gasteiger partial charge in [0, 0.05) is 19.0 Å². The Morgan fingerprint density at radius 1 is 0.714 bits per heavy atom. The van der Waals surface area contributed by atoms with E-state index in [1.807, 2.05) is 65.8 Å². The molecule has 2 rings (SSSR count). The molecule has 1 amide bonds. The summed E-state index contributed by atoms with van der Waals surface area (Å²) in [5.74, 6) is 0.358. The van der Waals surface area contributed by atoms with Gasteiger partial charge in [-0.1, -0.05) is 19.1 Å². The molecule has 1 saturated heterocycles. The van der Waals surface area contributed by atoms with Gasteiger partial charge >= 0.3 is 33.8 Å². The Morgan fingerprint density at radius 3 is 1.40 bits per heavy atom. The highest BCUT2D eigenvalue weighted by molar-refractivity contribution is 6.50. The van der Waals surface area contributed by atoms with Crippen LogP contribution in [0.1, 0.15) is 76.7 Å². The highest BCUT2D eigenvalue weighted by Crippen LogP contribution is 2.33. The first-order chi connectivity index (χ1) is 18.4. The number of benzene rings is 1. The van der Waals surface area contributed by atoms with Crippen LogP contribution < -0.4 is 0 Å². The van der Waals surface area contributed by atoms with Crippen LogP contribution in [0.3, 0.4) is 0 Å². The summed E-state index contributed by atoms with van der Waals surface area (Å²) in [5.41, 5.74) is 0.663. The van der Waals surface area contributed by atoms with Crippen molar-refractivity contribution in [1.29, 1.82) is 0 Å². The van der Waals surface area contributed by atoms with Crippen LogP contribution in [0.2, 0.25) is 0 Å². The van der Waals surface area contributed by atoms with Crippen molar-refractivity contribution in [3.63, 3.8) is 0 Å². The van der Waals surface area contributed by atoms with Gasteiger partial charge < -0.3 is 66.2 Å². The predicted molar refractivity (Wildman–Crippen MR) is 136 cm³/mol. The molecular formula is C22H33B3F12NO4-3. The quantitative estimate of drug-likeness (QED) is 0.185. The molecule has 0 saturated carbocycles. The number of amides is 1. The molecule has 246 valence electrons. The Kier molecular flexibility index (Phi) is 16.0. The minimum Gasteiger partial charge on any atom is -0.456 e. The van der Waals surface area contributed by atoms with Gasteiger partial charge in [-0.25, -0.2) is 9.59 Å². The largest absolute Gasteiger partial charge is 0.673 e. The van der Waals surface area contributed by atoms with E-state index in [1.54, 1.807) is 4.90 Å². The molecule has 1 heterocycles. The second-order valence-electron chi connectivity index (χ2n) is 10.9. The lowest BCUT2D eigenvalue weighted by molar-refractivity contribution is 0.00685. The van der Waals surface area contributed by atoms with Crippen LogP contribution in [-0.4, -0.2) is 63.0 Å². The molecule has 0 N–H and O–H groups in total. The zero-order valence-corrected chi connectivity index (χ0v) is 23.9. The van der Waals surface area contributed by atoms with E-state index in [1.165, 1.54) is 0 Å². The lowest BCUT2D eigenvalue weighted by Gasteiger charge is -2.38. The van der Waals surface area contributed by atoms with Crippen molar-refractivity contribution in [1.82, 2.24) is 4.90 Å². The third-order valence-electron chi connectivity index (χ3n) is 4.58. The molecule has 1 aromatic rings. The fourth-order valence-corrected chi connectivity index (χ4v) is 3.20. The Bertz CT molecular complexity index is 914. The van der Waals surface area contributed by atoms with E-state index in [9.17, 15) is 61.4 Å². The Balaban J connectivity index is 0. The molecule has 0 spiro atoms. The van der Waals surface area contributed by atoms with Gasteiger partial charge in [-0.15, -0.1) is 0 Å². The zero-order chi connectivity index (χ0) is 33.9. The number of esters is 1. The summed E-state index contributed by atoms with van der Waals surface area (Å²) < 4.78 is 128. The maximum Gasteiger partial charge on any atom is 0.673 e. The average molecular weight is 636 g/mol. The van der Waals surface area contributed by atoms with Crippen LogP contribution in [0, 0.1) is 5.92 Å². The van der Waals surface area contributed by atoms with Gasteiger partial charge in [-0.3, -0.25) is 0 Å². The van der Waals surface area contributed by atoms with Gasteiger partial charge in [0.2, 0.25) is 0 Å². The molecule has 0 unspecified atom stereocenters. The number of likely N-dealkylation sites (tertiary alicyclic amines) is 1. The van der Waals surface area contributed by atoms with Crippen LogP contribution >= 0.6 is 0 Å². The minimum absolute atomic E-state index is 0.221. The second-order valence-corrected chi connectivity index (χ2v) is 10.9. The van der Waals surface area contributed by atoms with Crippen molar-refractivity contribution < 1.29 is 70.9 Å². The molecule has 1 aromatic carbocycles. The maximum atomic E-state index is 12.4. The van der Waals surface area contributed by atoms with Crippen LogP contribution in [-0.2, 0) is 9.47 Å². The molecule has 2 atom stereocenters. The smallest absolute Gasteiger partial charge is 0.456 e. The predicted octanol–water partition coefficient (Wildman–Crippen LogP) is 8.90. The van der Waals surface area contributed by atoms with Gasteiger partial charge in [-0.05, 0) is 71.6 Å². The molecule has 0 radical (unpaired) electrons. The number of rotatable bonds is 2. The number of nitrogens with zero attached hydrogens (tertiary/aromatic N) is 1. The summed E-state index contributed by atoms with van der Waals surface area (Å²) >= 11 is 0. The van der Waals surface area contributed by atoms with Crippen LogP contribution in [0.25, 0.3) is 0 Å². The minimum atomic E-state index is -6.00. The zero-order valence-electron chi connectivity index (χ0n) is 23.9. The van der Waals surface area contributed by atoms with Crippen molar-refractivity contribution in [2.75, 3.05) is 13.1 Å². The van der Waals surface area contributed by atoms with E-state index in [-0.39, 0.29) is 18.0 Å². The number of hydrogen-bond donors (Lipinski definition) is 0. The number of carbonyl (C=O) groups excluding carboxylic acids is 2. The number of halogens is 12. The summed E-state index contributed by atoms with van der Waals surface area (Å²) in [4.78, 5) is 26.4. The monoisotopic (exact) mass is 636 g/mol. The van der Waals surface area contributed by atoms with Gasteiger partial charge in [0.1, 0.15) is 11.2 Å². The highest BCUT2D eigenvalue weighted by Gasteiger charge is 2.32. The highest BCUT2D eigenvalue weighted by atomic mass is 19.5. The number of piperidine rings is 1. The summed E-state index contributed by atoms with van der Waals surface area (Å²) in [7, 11) is -18.0. The molecular weight excluding hydrogens is 603 g/mol.